The van der Waals surface area contributed by atoms with Gasteiger partial charge in [0.05, 0.1) is 10.0 Å². The van der Waals surface area contributed by atoms with E-state index in [2.05, 4.69) is 11.9 Å². The third kappa shape index (κ3) is 2.83. The van der Waals surface area contributed by atoms with Crippen LogP contribution in [0.5, 0.6) is 0 Å². The van der Waals surface area contributed by atoms with E-state index < -0.39 is 0 Å². The molecule has 0 aliphatic heterocycles. The van der Waals surface area contributed by atoms with Crippen LogP contribution in [0.15, 0.2) is 42.7 Å². The molecule has 0 aliphatic carbocycles. The zero-order valence-electron chi connectivity index (χ0n) is 9.98. The lowest BCUT2D eigenvalue weighted by molar-refractivity contribution is 0.597. The van der Waals surface area contributed by atoms with Gasteiger partial charge in [0.25, 0.3) is 0 Å². The summed E-state index contributed by atoms with van der Waals surface area (Å²) in [5.74, 6) is 0.185. The average Bonchev–Trinajstić information content (AvgIpc) is 2.41. The average molecular weight is 281 g/mol. The number of hydrogen-bond acceptors (Lipinski definition) is 2. The Morgan fingerprint density at radius 1 is 1.00 bits per heavy atom. The van der Waals surface area contributed by atoms with Crippen molar-refractivity contribution in [3.63, 3.8) is 0 Å². The second kappa shape index (κ2) is 5.70. The predicted octanol–water partition coefficient (Wildman–Crippen LogP) is 4.19. The van der Waals surface area contributed by atoms with E-state index in [1.807, 2.05) is 24.3 Å². The molecule has 0 spiro atoms. The van der Waals surface area contributed by atoms with Crippen LogP contribution in [-0.4, -0.2) is 4.98 Å². The maximum Gasteiger partial charge on any atom is 0.0595 e. The van der Waals surface area contributed by atoms with E-state index in [4.69, 9.17) is 28.9 Å². The van der Waals surface area contributed by atoms with Gasteiger partial charge in [-0.1, -0.05) is 36.2 Å². The molecular weight excluding hydrogens is 267 g/mol. The van der Waals surface area contributed by atoms with Crippen LogP contribution in [0.25, 0.3) is 0 Å². The molecule has 2 rings (SSSR count). The zero-order chi connectivity index (χ0) is 13.1. The Balaban J connectivity index is 2.25. The number of aromatic nitrogens is 1. The van der Waals surface area contributed by atoms with Crippen LogP contribution < -0.4 is 5.73 Å². The van der Waals surface area contributed by atoms with Crippen molar-refractivity contribution in [2.24, 2.45) is 5.73 Å². The molecule has 0 amide bonds. The van der Waals surface area contributed by atoms with Gasteiger partial charge in [-0.25, -0.2) is 0 Å². The van der Waals surface area contributed by atoms with Gasteiger partial charge >= 0.3 is 0 Å². The molecule has 2 N–H and O–H groups in total. The maximum absolute atomic E-state index is 6.27. The Morgan fingerprint density at radius 2 is 1.67 bits per heavy atom. The Labute approximate surface area is 117 Å². The second-order valence-electron chi connectivity index (χ2n) is 4.27. The second-order valence-corrected chi connectivity index (χ2v) is 5.08. The SMILES string of the molecule is CC(c1ccncc1)C(N)c1ccc(Cl)c(Cl)c1. The van der Waals surface area contributed by atoms with Crippen LogP contribution in [0.3, 0.4) is 0 Å². The van der Waals surface area contributed by atoms with Crippen molar-refractivity contribution in [3.05, 3.63) is 63.9 Å². The number of pyridine rings is 1. The summed E-state index contributed by atoms with van der Waals surface area (Å²) in [6, 6.07) is 9.34. The predicted molar refractivity (Wildman–Crippen MR) is 76.0 cm³/mol. The highest BCUT2D eigenvalue weighted by Gasteiger charge is 2.17. The normalized spacial score (nSPS) is 14.2. The van der Waals surface area contributed by atoms with Crippen molar-refractivity contribution in [2.45, 2.75) is 18.9 Å². The van der Waals surface area contributed by atoms with Crippen molar-refractivity contribution < 1.29 is 0 Å². The molecular formula is C14H14Cl2N2. The van der Waals surface area contributed by atoms with Gasteiger partial charge in [0.2, 0.25) is 0 Å². The lowest BCUT2D eigenvalue weighted by Crippen LogP contribution is -2.17. The molecule has 4 heteroatoms. The molecule has 94 valence electrons. The van der Waals surface area contributed by atoms with Crippen LogP contribution in [0.4, 0.5) is 0 Å². The zero-order valence-corrected chi connectivity index (χ0v) is 11.5. The minimum Gasteiger partial charge on any atom is -0.323 e. The van der Waals surface area contributed by atoms with E-state index in [0.717, 1.165) is 11.1 Å². The molecule has 2 nitrogen and oxygen atoms in total. The highest BCUT2D eigenvalue weighted by Crippen LogP contribution is 2.31. The molecule has 18 heavy (non-hydrogen) atoms. The molecule has 1 aromatic heterocycles. The molecule has 2 atom stereocenters. The first-order valence-electron chi connectivity index (χ1n) is 5.70. The van der Waals surface area contributed by atoms with Gasteiger partial charge in [-0.05, 0) is 35.4 Å². The van der Waals surface area contributed by atoms with E-state index in [1.165, 1.54) is 0 Å². The lowest BCUT2D eigenvalue weighted by Gasteiger charge is -2.21. The smallest absolute Gasteiger partial charge is 0.0595 e. The highest BCUT2D eigenvalue weighted by atomic mass is 35.5. The lowest BCUT2D eigenvalue weighted by atomic mass is 9.90. The van der Waals surface area contributed by atoms with Gasteiger partial charge in [0, 0.05) is 24.4 Å². The Morgan fingerprint density at radius 3 is 2.28 bits per heavy atom. The molecule has 0 fully saturated rings. The summed E-state index contributed by atoms with van der Waals surface area (Å²) in [7, 11) is 0. The number of halogens is 2. The topological polar surface area (TPSA) is 38.9 Å². The largest absolute Gasteiger partial charge is 0.323 e. The van der Waals surface area contributed by atoms with E-state index in [9.17, 15) is 0 Å². The third-order valence-electron chi connectivity index (χ3n) is 3.10. The number of rotatable bonds is 3. The molecule has 1 heterocycles. The molecule has 0 saturated carbocycles. The van der Waals surface area contributed by atoms with E-state index in [0.29, 0.717) is 10.0 Å². The Hall–Kier alpha value is -1.09. The fourth-order valence-corrected chi connectivity index (χ4v) is 2.19. The minimum absolute atomic E-state index is 0.123. The fraction of sp³-hybridized carbons (Fsp3) is 0.214. The van der Waals surface area contributed by atoms with Gasteiger partial charge < -0.3 is 5.73 Å². The number of nitrogens with two attached hydrogens (primary N) is 1. The highest BCUT2D eigenvalue weighted by molar-refractivity contribution is 6.42. The summed E-state index contributed by atoms with van der Waals surface area (Å²) in [4.78, 5) is 4.01. The molecule has 0 bridgehead atoms. The summed E-state index contributed by atoms with van der Waals surface area (Å²) in [6.45, 7) is 2.09. The molecule has 0 radical (unpaired) electrons. The van der Waals surface area contributed by atoms with Crippen LogP contribution in [0, 0.1) is 0 Å². The first-order valence-corrected chi connectivity index (χ1v) is 6.45. The van der Waals surface area contributed by atoms with E-state index in [-0.39, 0.29) is 12.0 Å². The van der Waals surface area contributed by atoms with Crippen LogP contribution >= 0.6 is 23.2 Å². The summed E-state index contributed by atoms with van der Waals surface area (Å²) in [5.41, 5.74) is 8.40. The van der Waals surface area contributed by atoms with Gasteiger partial charge in [-0.3, -0.25) is 4.98 Å². The van der Waals surface area contributed by atoms with Gasteiger partial charge in [0.1, 0.15) is 0 Å². The molecule has 2 unspecified atom stereocenters. The van der Waals surface area contributed by atoms with Gasteiger partial charge in [-0.15, -0.1) is 0 Å². The molecule has 2 aromatic rings. The summed E-state index contributed by atoms with van der Waals surface area (Å²) < 4.78 is 0. The molecule has 0 saturated heterocycles. The van der Waals surface area contributed by atoms with Crippen LogP contribution in [0.2, 0.25) is 10.0 Å². The molecule has 1 aromatic carbocycles. The van der Waals surface area contributed by atoms with Crippen LogP contribution in [-0.2, 0) is 0 Å². The van der Waals surface area contributed by atoms with Gasteiger partial charge in [-0.2, -0.15) is 0 Å². The standard InChI is InChI=1S/C14H14Cl2N2/c1-9(10-4-6-18-7-5-10)14(17)11-2-3-12(15)13(16)8-11/h2-9,14H,17H2,1H3. The fourth-order valence-electron chi connectivity index (χ4n) is 1.88. The minimum atomic E-state index is -0.123. The first-order chi connectivity index (χ1) is 8.59. The van der Waals surface area contributed by atoms with Crippen molar-refractivity contribution in [1.82, 2.24) is 4.98 Å². The van der Waals surface area contributed by atoms with Crippen LogP contribution in [0.1, 0.15) is 30.0 Å². The van der Waals surface area contributed by atoms with Crippen molar-refractivity contribution in [3.8, 4) is 0 Å². The Bertz CT molecular complexity index is 529. The molecule has 0 aliphatic rings. The quantitative estimate of drug-likeness (QED) is 0.916. The maximum atomic E-state index is 6.27. The number of benzene rings is 1. The number of nitrogens with zero attached hydrogens (tertiary/aromatic N) is 1. The van der Waals surface area contributed by atoms with Gasteiger partial charge in [0.15, 0.2) is 0 Å². The number of hydrogen-bond donors (Lipinski definition) is 1. The first kappa shape index (κ1) is 13.3. The van der Waals surface area contributed by atoms with Crippen molar-refractivity contribution in [2.75, 3.05) is 0 Å². The van der Waals surface area contributed by atoms with Crippen molar-refractivity contribution >= 4 is 23.2 Å². The Kier molecular flexibility index (Phi) is 4.23. The third-order valence-corrected chi connectivity index (χ3v) is 3.84. The van der Waals surface area contributed by atoms with E-state index >= 15 is 0 Å². The van der Waals surface area contributed by atoms with Crippen molar-refractivity contribution in [1.29, 1.82) is 0 Å². The van der Waals surface area contributed by atoms with E-state index in [1.54, 1.807) is 18.5 Å². The monoisotopic (exact) mass is 280 g/mol. The summed E-state index contributed by atoms with van der Waals surface area (Å²) in [5, 5.41) is 1.08. The summed E-state index contributed by atoms with van der Waals surface area (Å²) >= 11 is 11.9. The summed E-state index contributed by atoms with van der Waals surface area (Å²) in [6.07, 6.45) is 3.54.